The molecule has 0 heterocycles. The Morgan fingerprint density at radius 1 is 1.32 bits per heavy atom. The lowest BCUT2D eigenvalue weighted by Crippen LogP contribution is -2.34. The van der Waals surface area contributed by atoms with Crippen LogP contribution in [0.4, 0.5) is 4.79 Å². The van der Waals surface area contributed by atoms with E-state index in [0.717, 1.165) is 5.56 Å². The maximum atomic E-state index is 11.5. The zero-order chi connectivity index (χ0) is 16.8. The van der Waals surface area contributed by atoms with Gasteiger partial charge in [-0.05, 0) is 38.3 Å². The monoisotopic (exact) mass is 310 g/mol. The standard InChI is InChI=1S/C16H26N2O4/c1-16(2,3)22-15(21)18-9-8-13(19)14(20)12-7-5-4-6-11(12)10-17/h4-7,13-14,19-20H,8-10,17H2,1-3H3,(H,18,21). The second kappa shape index (κ2) is 8.12. The third-order valence-electron chi connectivity index (χ3n) is 3.07. The van der Waals surface area contributed by atoms with Crippen LogP contribution in [0.2, 0.25) is 0 Å². The molecule has 0 fully saturated rings. The summed E-state index contributed by atoms with van der Waals surface area (Å²) in [5.41, 5.74) is 6.45. The van der Waals surface area contributed by atoms with E-state index in [0.29, 0.717) is 5.56 Å². The minimum Gasteiger partial charge on any atom is -0.444 e. The Bertz CT molecular complexity index is 485. The van der Waals surface area contributed by atoms with Gasteiger partial charge in [0.15, 0.2) is 0 Å². The Balaban J connectivity index is 2.48. The van der Waals surface area contributed by atoms with Gasteiger partial charge in [-0.1, -0.05) is 24.3 Å². The number of aliphatic hydroxyl groups excluding tert-OH is 2. The predicted molar refractivity (Wildman–Crippen MR) is 84.2 cm³/mol. The summed E-state index contributed by atoms with van der Waals surface area (Å²) >= 11 is 0. The van der Waals surface area contributed by atoms with Crippen molar-refractivity contribution >= 4 is 6.09 Å². The van der Waals surface area contributed by atoms with Gasteiger partial charge in [-0.15, -0.1) is 0 Å². The first-order valence-electron chi connectivity index (χ1n) is 7.35. The van der Waals surface area contributed by atoms with Gasteiger partial charge in [-0.2, -0.15) is 0 Å². The summed E-state index contributed by atoms with van der Waals surface area (Å²) in [4.78, 5) is 11.5. The zero-order valence-corrected chi connectivity index (χ0v) is 13.4. The molecule has 5 N–H and O–H groups in total. The number of rotatable bonds is 6. The molecule has 0 aliphatic carbocycles. The summed E-state index contributed by atoms with van der Waals surface area (Å²) in [5, 5.41) is 22.8. The smallest absolute Gasteiger partial charge is 0.407 e. The average molecular weight is 310 g/mol. The molecule has 6 heteroatoms. The lowest BCUT2D eigenvalue weighted by Gasteiger charge is -2.22. The fourth-order valence-electron chi connectivity index (χ4n) is 2.01. The van der Waals surface area contributed by atoms with Crippen LogP contribution >= 0.6 is 0 Å². The minimum atomic E-state index is -1.04. The van der Waals surface area contributed by atoms with E-state index in [1.165, 1.54) is 0 Å². The summed E-state index contributed by atoms with van der Waals surface area (Å²) in [7, 11) is 0. The third-order valence-corrected chi connectivity index (χ3v) is 3.07. The van der Waals surface area contributed by atoms with Crippen LogP contribution in [0.25, 0.3) is 0 Å². The minimum absolute atomic E-state index is 0.206. The van der Waals surface area contributed by atoms with Gasteiger partial charge in [0.1, 0.15) is 11.7 Å². The van der Waals surface area contributed by atoms with E-state index in [-0.39, 0.29) is 19.5 Å². The van der Waals surface area contributed by atoms with E-state index in [9.17, 15) is 15.0 Å². The van der Waals surface area contributed by atoms with E-state index < -0.39 is 23.9 Å². The highest BCUT2D eigenvalue weighted by molar-refractivity contribution is 5.67. The molecule has 0 spiro atoms. The molecule has 0 saturated carbocycles. The van der Waals surface area contributed by atoms with Crippen molar-refractivity contribution in [2.24, 2.45) is 5.73 Å². The van der Waals surface area contributed by atoms with E-state index in [4.69, 9.17) is 10.5 Å². The van der Waals surface area contributed by atoms with Gasteiger partial charge in [0.05, 0.1) is 6.10 Å². The molecule has 1 aromatic rings. The topological polar surface area (TPSA) is 105 Å². The second-order valence-electron chi connectivity index (χ2n) is 6.13. The van der Waals surface area contributed by atoms with Crippen LogP contribution < -0.4 is 11.1 Å². The number of amides is 1. The summed E-state index contributed by atoms with van der Waals surface area (Å²) < 4.78 is 5.09. The number of carbonyl (C=O) groups is 1. The Hall–Kier alpha value is -1.63. The first-order valence-corrected chi connectivity index (χ1v) is 7.35. The maximum Gasteiger partial charge on any atom is 0.407 e. The van der Waals surface area contributed by atoms with Crippen LogP contribution in [0, 0.1) is 0 Å². The molecule has 0 radical (unpaired) electrons. The Kier molecular flexibility index (Phi) is 6.80. The maximum absolute atomic E-state index is 11.5. The van der Waals surface area contributed by atoms with E-state index >= 15 is 0 Å². The largest absolute Gasteiger partial charge is 0.444 e. The molecule has 6 nitrogen and oxygen atoms in total. The molecule has 0 aliphatic rings. The van der Waals surface area contributed by atoms with Crippen LogP contribution in [0.3, 0.4) is 0 Å². The van der Waals surface area contributed by atoms with Crippen LogP contribution in [-0.4, -0.2) is 34.6 Å². The SMILES string of the molecule is CC(C)(C)OC(=O)NCCC(O)C(O)c1ccccc1CN. The van der Waals surface area contributed by atoms with Gasteiger partial charge in [0, 0.05) is 13.1 Å². The number of benzene rings is 1. The van der Waals surface area contributed by atoms with Crippen molar-refractivity contribution in [3.8, 4) is 0 Å². The summed E-state index contributed by atoms with van der Waals surface area (Å²) in [5.74, 6) is 0. The van der Waals surface area contributed by atoms with Crippen LogP contribution in [0.1, 0.15) is 44.4 Å². The van der Waals surface area contributed by atoms with Crippen LogP contribution in [0.15, 0.2) is 24.3 Å². The number of hydrogen-bond acceptors (Lipinski definition) is 5. The highest BCUT2D eigenvalue weighted by atomic mass is 16.6. The van der Waals surface area contributed by atoms with Gasteiger partial charge >= 0.3 is 6.09 Å². The highest BCUT2D eigenvalue weighted by Gasteiger charge is 2.21. The van der Waals surface area contributed by atoms with Crippen LogP contribution in [-0.2, 0) is 11.3 Å². The van der Waals surface area contributed by atoms with E-state index in [1.54, 1.807) is 32.9 Å². The molecular formula is C16H26N2O4. The molecule has 1 amide bonds. The summed E-state index contributed by atoms with van der Waals surface area (Å²) in [6.07, 6.45) is -2.38. The van der Waals surface area contributed by atoms with E-state index in [2.05, 4.69) is 5.32 Å². The lowest BCUT2D eigenvalue weighted by molar-refractivity contribution is 0.0118. The van der Waals surface area contributed by atoms with Crippen molar-refractivity contribution in [1.29, 1.82) is 0 Å². The van der Waals surface area contributed by atoms with Gasteiger partial charge < -0.3 is 26.0 Å². The quantitative estimate of drug-likeness (QED) is 0.636. The zero-order valence-electron chi connectivity index (χ0n) is 13.4. The van der Waals surface area contributed by atoms with Crippen molar-refractivity contribution in [3.05, 3.63) is 35.4 Å². The highest BCUT2D eigenvalue weighted by Crippen LogP contribution is 2.22. The Labute approximate surface area is 131 Å². The van der Waals surface area contributed by atoms with Crippen molar-refractivity contribution in [2.45, 2.75) is 51.5 Å². The van der Waals surface area contributed by atoms with Crippen molar-refractivity contribution in [1.82, 2.24) is 5.32 Å². The summed E-state index contributed by atoms with van der Waals surface area (Å²) in [6, 6.07) is 7.15. The third kappa shape index (κ3) is 6.01. The van der Waals surface area contributed by atoms with Gasteiger partial charge in [-0.25, -0.2) is 4.79 Å². The second-order valence-corrected chi connectivity index (χ2v) is 6.13. The predicted octanol–water partition coefficient (Wildman–Crippen LogP) is 1.45. The molecule has 2 unspecified atom stereocenters. The van der Waals surface area contributed by atoms with Gasteiger partial charge in [0.2, 0.25) is 0 Å². The Morgan fingerprint density at radius 2 is 1.95 bits per heavy atom. The van der Waals surface area contributed by atoms with Crippen molar-refractivity contribution in [3.63, 3.8) is 0 Å². The Morgan fingerprint density at radius 3 is 2.55 bits per heavy atom. The summed E-state index contributed by atoms with van der Waals surface area (Å²) in [6.45, 7) is 5.81. The molecule has 0 aliphatic heterocycles. The molecule has 0 aromatic heterocycles. The number of aliphatic hydroxyl groups is 2. The fraction of sp³-hybridized carbons (Fsp3) is 0.562. The number of nitrogens with one attached hydrogen (secondary N) is 1. The molecule has 0 saturated heterocycles. The molecule has 1 aromatic carbocycles. The van der Waals surface area contributed by atoms with Gasteiger partial charge in [0.25, 0.3) is 0 Å². The van der Waals surface area contributed by atoms with Gasteiger partial charge in [-0.3, -0.25) is 0 Å². The number of alkyl carbamates (subject to hydrolysis) is 1. The number of ether oxygens (including phenoxy) is 1. The molecule has 0 bridgehead atoms. The van der Waals surface area contributed by atoms with Crippen LogP contribution in [0.5, 0.6) is 0 Å². The first-order chi connectivity index (χ1) is 10.2. The van der Waals surface area contributed by atoms with E-state index in [1.807, 2.05) is 12.1 Å². The molecule has 22 heavy (non-hydrogen) atoms. The number of carbonyl (C=O) groups excluding carboxylic acids is 1. The molecular weight excluding hydrogens is 284 g/mol. The number of hydrogen-bond donors (Lipinski definition) is 4. The molecule has 1 rings (SSSR count). The van der Waals surface area contributed by atoms with Crippen molar-refractivity contribution in [2.75, 3.05) is 6.54 Å². The lowest BCUT2D eigenvalue weighted by atomic mass is 9.97. The average Bonchev–Trinajstić information content (AvgIpc) is 2.44. The normalized spacial score (nSPS) is 14.3. The van der Waals surface area contributed by atoms with Crippen molar-refractivity contribution < 1.29 is 19.7 Å². The fourth-order valence-corrected chi connectivity index (χ4v) is 2.01. The molecule has 2 atom stereocenters. The first kappa shape index (κ1) is 18.4. The molecule has 124 valence electrons. The number of nitrogens with two attached hydrogens (primary N) is 1.